The molecule has 1 aromatic heterocycles. The standard InChI is InChI=1S/C20H14Cl2F3N3O/c21-13-7-5-12(6-8-13)18-17-15(9-10-27(19(17)29)11-20(23,24)25)26-28(18)16-4-2-1-3-14(16)22/h1-8H,9-11H2. The SMILES string of the molecule is O=C1c2c(nn(-c3ccccc3Cl)c2-c2ccc(Cl)cc2)CCN1CC(F)(F)F. The molecule has 0 radical (unpaired) electrons. The van der Waals surface area contributed by atoms with Crippen molar-refractivity contribution in [3.05, 3.63) is 69.8 Å². The fraction of sp³-hybridized carbons (Fsp3) is 0.200. The molecule has 3 aromatic rings. The molecule has 0 unspecified atom stereocenters. The number of aromatic nitrogens is 2. The second-order valence-corrected chi connectivity index (χ2v) is 7.48. The van der Waals surface area contributed by atoms with Crippen molar-refractivity contribution in [3.63, 3.8) is 0 Å². The van der Waals surface area contributed by atoms with Crippen LogP contribution in [-0.2, 0) is 6.42 Å². The fourth-order valence-corrected chi connectivity index (χ4v) is 3.74. The summed E-state index contributed by atoms with van der Waals surface area (Å²) in [5.41, 5.74) is 2.12. The number of para-hydroxylation sites is 1. The number of rotatable bonds is 3. The minimum Gasteiger partial charge on any atom is -0.329 e. The maximum atomic E-state index is 13.0. The Morgan fingerprint density at radius 1 is 1.03 bits per heavy atom. The Morgan fingerprint density at radius 3 is 2.38 bits per heavy atom. The third-order valence-electron chi connectivity index (χ3n) is 4.65. The van der Waals surface area contributed by atoms with E-state index in [0.29, 0.717) is 32.7 Å². The van der Waals surface area contributed by atoms with Gasteiger partial charge in [0.2, 0.25) is 0 Å². The average Bonchev–Trinajstić information content (AvgIpc) is 3.04. The largest absolute Gasteiger partial charge is 0.406 e. The van der Waals surface area contributed by atoms with Crippen LogP contribution in [0, 0.1) is 0 Å². The third-order valence-corrected chi connectivity index (χ3v) is 5.22. The van der Waals surface area contributed by atoms with Crippen molar-refractivity contribution in [3.8, 4) is 16.9 Å². The summed E-state index contributed by atoms with van der Waals surface area (Å²) >= 11 is 12.3. The van der Waals surface area contributed by atoms with E-state index in [1.807, 2.05) is 0 Å². The molecular weight excluding hydrogens is 426 g/mol. The lowest BCUT2D eigenvalue weighted by atomic mass is 10.00. The van der Waals surface area contributed by atoms with E-state index in [0.717, 1.165) is 4.90 Å². The summed E-state index contributed by atoms with van der Waals surface area (Å²) in [5, 5.41) is 5.43. The Morgan fingerprint density at radius 2 is 1.72 bits per heavy atom. The van der Waals surface area contributed by atoms with Crippen LogP contribution in [0.25, 0.3) is 16.9 Å². The van der Waals surface area contributed by atoms with Gasteiger partial charge in [0.15, 0.2) is 0 Å². The smallest absolute Gasteiger partial charge is 0.329 e. The van der Waals surface area contributed by atoms with Crippen LogP contribution in [0.2, 0.25) is 10.0 Å². The van der Waals surface area contributed by atoms with Gasteiger partial charge in [0, 0.05) is 23.6 Å². The van der Waals surface area contributed by atoms with Crippen molar-refractivity contribution in [1.29, 1.82) is 0 Å². The first-order chi connectivity index (χ1) is 13.7. The van der Waals surface area contributed by atoms with Gasteiger partial charge >= 0.3 is 6.18 Å². The molecule has 0 aliphatic carbocycles. The zero-order valence-corrected chi connectivity index (χ0v) is 16.4. The lowest BCUT2D eigenvalue weighted by Gasteiger charge is -2.27. The maximum Gasteiger partial charge on any atom is 0.406 e. The highest BCUT2D eigenvalue weighted by Crippen LogP contribution is 2.35. The van der Waals surface area contributed by atoms with E-state index in [-0.39, 0.29) is 18.5 Å². The van der Waals surface area contributed by atoms with Gasteiger partial charge in [-0.3, -0.25) is 4.79 Å². The topological polar surface area (TPSA) is 38.1 Å². The molecule has 0 spiro atoms. The summed E-state index contributed by atoms with van der Waals surface area (Å²) in [6.07, 6.45) is -4.26. The molecule has 1 amide bonds. The van der Waals surface area contributed by atoms with Gasteiger partial charge in [-0.25, -0.2) is 4.68 Å². The molecular formula is C20H14Cl2F3N3O. The Balaban J connectivity index is 1.92. The normalized spacial score (nSPS) is 14.2. The van der Waals surface area contributed by atoms with Crippen molar-refractivity contribution in [1.82, 2.24) is 14.7 Å². The highest BCUT2D eigenvalue weighted by atomic mass is 35.5. The summed E-state index contributed by atoms with van der Waals surface area (Å²) in [6, 6.07) is 13.6. The van der Waals surface area contributed by atoms with E-state index < -0.39 is 18.6 Å². The van der Waals surface area contributed by atoms with Gasteiger partial charge in [0.05, 0.1) is 27.7 Å². The Kier molecular flexibility index (Phi) is 5.04. The van der Waals surface area contributed by atoms with E-state index >= 15 is 0 Å². The second kappa shape index (κ2) is 7.39. The molecule has 9 heteroatoms. The first kappa shape index (κ1) is 19.8. The predicted molar refractivity (Wildman–Crippen MR) is 105 cm³/mol. The van der Waals surface area contributed by atoms with E-state index in [1.54, 1.807) is 48.5 Å². The molecule has 1 aliphatic heterocycles. The molecule has 0 N–H and O–H groups in total. The number of fused-ring (bicyclic) bond motifs is 1. The van der Waals surface area contributed by atoms with Crippen LogP contribution in [-0.4, -0.2) is 39.9 Å². The number of hydrogen-bond donors (Lipinski definition) is 0. The van der Waals surface area contributed by atoms with Gasteiger partial charge in [0.25, 0.3) is 5.91 Å². The molecule has 0 saturated heterocycles. The van der Waals surface area contributed by atoms with E-state index in [9.17, 15) is 18.0 Å². The number of halogens is 5. The van der Waals surface area contributed by atoms with Crippen LogP contribution in [0.3, 0.4) is 0 Å². The van der Waals surface area contributed by atoms with E-state index in [2.05, 4.69) is 5.10 Å². The number of alkyl halides is 3. The molecule has 0 atom stereocenters. The van der Waals surface area contributed by atoms with Crippen LogP contribution in [0.1, 0.15) is 16.1 Å². The lowest BCUT2D eigenvalue weighted by Crippen LogP contribution is -2.43. The molecule has 0 saturated carbocycles. The van der Waals surface area contributed by atoms with Crippen molar-refractivity contribution in [2.45, 2.75) is 12.6 Å². The van der Waals surface area contributed by atoms with Gasteiger partial charge in [-0.2, -0.15) is 18.3 Å². The van der Waals surface area contributed by atoms with Gasteiger partial charge in [-0.1, -0.05) is 47.5 Å². The number of benzene rings is 2. The Hall–Kier alpha value is -2.51. The van der Waals surface area contributed by atoms with Crippen molar-refractivity contribution >= 4 is 29.1 Å². The third kappa shape index (κ3) is 3.84. The molecule has 150 valence electrons. The maximum absolute atomic E-state index is 13.0. The summed E-state index contributed by atoms with van der Waals surface area (Å²) < 4.78 is 40.3. The van der Waals surface area contributed by atoms with Crippen LogP contribution >= 0.6 is 23.2 Å². The second-order valence-electron chi connectivity index (χ2n) is 6.63. The van der Waals surface area contributed by atoms with Gasteiger partial charge < -0.3 is 4.90 Å². The van der Waals surface area contributed by atoms with E-state index in [4.69, 9.17) is 23.2 Å². The minimum absolute atomic E-state index is 0.0507. The highest BCUT2D eigenvalue weighted by Gasteiger charge is 2.39. The lowest BCUT2D eigenvalue weighted by molar-refractivity contribution is -0.141. The van der Waals surface area contributed by atoms with Crippen molar-refractivity contribution in [2.24, 2.45) is 0 Å². The molecule has 4 rings (SSSR count). The average molecular weight is 440 g/mol. The van der Waals surface area contributed by atoms with Crippen LogP contribution < -0.4 is 0 Å². The Labute approximate surface area is 174 Å². The number of amides is 1. The zero-order chi connectivity index (χ0) is 20.8. The zero-order valence-electron chi connectivity index (χ0n) is 14.9. The number of carbonyl (C=O) groups is 1. The first-order valence-electron chi connectivity index (χ1n) is 8.73. The summed E-state index contributed by atoms with van der Waals surface area (Å²) in [6.45, 7) is -1.35. The predicted octanol–water partition coefficient (Wildman–Crippen LogP) is 5.41. The first-order valence-corrected chi connectivity index (χ1v) is 9.49. The summed E-state index contributed by atoms with van der Waals surface area (Å²) in [4.78, 5) is 13.8. The fourth-order valence-electron chi connectivity index (χ4n) is 3.40. The quantitative estimate of drug-likeness (QED) is 0.547. The van der Waals surface area contributed by atoms with Crippen molar-refractivity contribution < 1.29 is 18.0 Å². The molecule has 1 aliphatic rings. The molecule has 2 heterocycles. The van der Waals surface area contributed by atoms with Gasteiger partial charge in [-0.05, 0) is 24.3 Å². The van der Waals surface area contributed by atoms with Gasteiger partial charge in [-0.15, -0.1) is 0 Å². The number of nitrogens with zero attached hydrogens (tertiary/aromatic N) is 3. The summed E-state index contributed by atoms with van der Waals surface area (Å²) in [5.74, 6) is -0.702. The molecule has 0 fully saturated rings. The molecule has 29 heavy (non-hydrogen) atoms. The van der Waals surface area contributed by atoms with Crippen molar-refractivity contribution in [2.75, 3.05) is 13.1 Å². The van der Waals surface area contributed by atoms with Crippen LogP contribution in [0.15, 0.2) is 48.5 Å². The number of hydrogen-bond acceptors (Lipinski definition) is 2. The molecule has 2 aromatic carbocycles. The minimum atomic E-state index is -4.48. The van der Waals surface area contributed by atoms with E-state index in [1.165, 1.54) is 4.68 Å². The van der Waals surface area contributed by atoms with Crippen LogP contribution in [0.4, 0.5) is 13.2 Å². The highest BCUT2D eigenvalue weighted by molar-refractivity contribution is 6.32. The van der Waals surface area contributed by atoms with Gasteiger partial charge in [0.1, 0.15) is 6.54 Å². The van der Waals surface area contributed by atoms with Crippen LogP contribution in [0.5, 0.6) is 0 Å². The molecule has 4 nitrogen and oxygen atoms in total. The molecule has 0 bridgehead atoms. The Bertz CT molecular complexity index is 1080. The monoisotopic (exact) mass is 439 g/mol. The number of carbonyl (C=O) groups excluding carboxylic acids is 1. The summed E-state index contributed by atoms with van der Waals surface area (Å²) in [7, 11) is 0.